The van der Waals surface area contributed by atoms with Crippen LogP contribution in [0.25, 0.3) is 15.5 Å². The molecule has 0 spiro atoms. The number of nitrogens with zero attached hydrogens (tertiary/aromatic N) is 3. The van der Waals surface area contributed by atoms with Crippen molar-refractivity contribution < 1.29 is 5.11 Å². The van der Waals surface area contributed by atoms with Gasteiger partial charge in [0, 0.05) is 5.56 Å². The van der Waals surface area contributed by atoms with Gasteiger partial charge in [-0.2, -0.15) is 5.10 Å². The standard InChI is InChI=1S/C15H17N3OS/c1-9(2)13-12(8-19)18-15(16-13)20-14(17-18)11-6-4-10(3)5-7-11/h4-7,9,19H,8H2,1-3H3. The van der Waals surface area contributed by atoms with E-state index in [0.29, 0.717) is 0 Å². The smallest absolute Gasteiger partial charge is 0.213 e. The number of aromatic nitrogens is 3. The van der Waals surface area contributed by atoms with Crippen molar-refractivity contribution in [3.05, 3.63) is 41.2 Å². The van der Waals surface area contributed by atoms with Crippen molar-refractivity contribution in [2.24, 2.45) is 0 Å². The number of aliphatic hydroxyl groups is 1. The topological polar surface area (TPSA) is 50.4 Å². The van der Waals surface area contributed by atoms with Gasteiger partial charge in [-0.25, -0.2) is 9.50 Å². The van der Waals surface area contributed by atoms with Gasteiger partial charge in [-0.15, -0.1) is 0 Å². The number of imidazole rings is 1. The second-order valence-electron chi connectivity index (χ2n) is 5.22. The molecular formula is C15H17N3OS. The molecule has 0 aliphatic heterocycles. The summed E-state index contributed by atoms with van der Waals surface area (Å²) in [6.45, 7) is 6.18. The number of hydrogen-bond donors (Lipinski definition) is 1. The maximum Gasteiger partial charge on any atom is 0.213 e. The van der Waals surface area contributed by atoms with Crippen LogP contribution in [-0.2, 0) is 6.61 Å². The first-order valence-electron chi connectivity index (χ1n) is 6.66. The number of benzene rings is 1. The van der Waals surface area contributed by atoms with E-state index in [4.69, 9.17) is 0 Å². The Labute approximate surface area is 121 Å². The van der Waals surface area contributed by atoms with Crippen LogP contribution in [0.1, 0.15) is 36.7 Å². The van der Waals surface area contributed by atoms with Crippen LogP contribution >= 0.6 is 11.3 Å². The molecule has 5 heteroatoms. The van der Waals surface area contributed by atoms with Gasteiger partial charge >= 0.3 is 0 Å². The zero-order chi connectivity index (χ0) is 14.3. The first kappa shape index (κ1) is 13.3. The molecule has 0 saturated carbocycles. The summed E-state index contributed by atoms with van der Waals surface area (Å²) >= 11 is 1.55. The third-order valence-electron chi connectivity index (χ3n) is 3.32. The molecule has 0 amide bonds. The predicted molar refractivity (Wildman–Crippen MR) is 81.0 cm³/mol. The van der Waals surface area contributed by atoms with E-state index >= 15 is 0 Å². The van der Waals surface area contributed by atoms with E-state index in [-0.39, 0.29) is 12.5 Å². The van der Waals surface area contributed by atoms with Crippen molar-refractivity contribution in [3.8, 4) is 10.6 Å². The van der Waals surface area contributed by atoms with Crippen molar-refractivity contribution >= 4 is 16.3 Å². The summed E-state index contributed by atoms with van der Waals surface area (Å²) in [5.41, 5.74) is 4.04. The van der Waals surface area contributed by atoms with E-state index in [1.807, 2.05) is 0 Å². The van der Waals surface area contributed by atoms with Gasteiger partial charge in [-0.05, 0) is 12.8 Å². The van der Waals surface area contributed by atoms with Crippen LogP contribution < -0.4 is 0 Å². The SMILES string of the molecule is Cc1ccc(-c2nn3c(CO)c(C(C)C)nc3s2)cc1. The zero-order valence-electron chi connectivity index (χ0n) is 11.8. The maximum absolute atomic E-state index is 9.57. The Bertz CT molecular complexity index is 740. The van der Waals surface area contributed by atoms with Crippen LogP contribution in [-0.4, -0.2) is 19.7 Å². The Kier molecular flexibility index (Phi) is 3.31. The molecule has 4 nitrogen and oxygen atoms in total. The van der Waals surface area contributed by atoms with Gasteiger partial charge in [0.2, 0.25) is 4.96 Å². The third-order valence-corrected chi connectivity index (χ3v) is 4.28. The highest BCUT2D eigenvalue weighted by Gasteiger charge is 2.18. The van der Waals surface area contributed by atoms with Crippen molar-refractivity contribution in [3.63, 3.8) is 0 Å². The summed E-state index contributed by atoms with van der Waals surface area (Å²) in [7, 11) is 0. The highest BCUT2D eigenvalue weighted by Crippen LogP contribution is 2.29. The molecule has 1 N–H and O–H groups in total. The summed E-state index contributed by atoms with van der Waals surface area (Å²) < 4.78 is 1.77. The van der Waals surface area contributed by atoms with E-state index in [1.54, 1.807) is 15.9 Å². The molecule has 20 heavy (non-hydrogen) atoms. The fourth-order valence-corrected chi connectivity index (χ4v) is 3.16. The molecule has 0 unspecified atom stereocenters. The van der Waals surface area contributed by atoms with Crippen molar-refractivity contribution in [1.29, 1.82) is 0 Å². The quantitative estimate of drug-likeness (QED) is 0.803. The summed E-state index contributed by atoms with van der Waals surface area (Å²) in [5, 5.41) is 15.1. The summed E-state index contributed by atoms with van der Waals surface area (Å²) in [5.74, 6) is 0.286. The Balaban J connectivity index is 2.12. The molecule has 3 aromatic rings. The Morgan fingerprint density at radius 3 is 2.55 bits per heavy atom. The molecule has 0 aliphatic carbocycles. The highest BCUT2D eigenvalue weighted by atomic mass is 32.1. The maximum atomic E-state index is 9.57. The Morgan fingerprint density at radius 1 is 1.25 bits per heavy atom. The number of aryl methyl sites for hydroxylation is 1. The van der Waals surface area contributed by atoms with E-state index < -0.39 is 0 Å². The van der Waals surface area contributed by atoms with Gasteiger partial charge in [0.15, 0.2) is 0 Å². The van der Waals surface area contributed by atoms with E-state index in [9.17, 15) is 5.11 Å². The Morgan fingerprint density at radius 2 is 1.95 bits per heavy atom. The van der Waals surface area contributed by atoms with Gasteiger partial charge in [0.05, 0.1) is 18.0 Å². The lowest BCUT2D eigenvalue weighted by Crippen LogP contribution is -1.99. The van der Waals surface area contributed by atoms with E-state index in [2.05, 4.69) is 55.1 Å². The molecule has 104 valence electrons. The molecule has 0 bridgehead atoms. The minimum Gasteiger partial charge on any atom is -0.390 e. The molecule has 0 saturated heterocycles. The second kappa shape index (κ2) is 5.00. The van der Waals surface area contributed by atoms with Crippen LogP contribution in [0.15, 0.2) is 24.3 Å². The zero-order valence-corrected chi connectivity index (χ0v) is 12.6. The van der Waals surface area contributed by atoms with Gasteiger partial charge < -0.3 is 5.11 Å². The number of rotatable bonds is 3. The molecule has 3 rings (SSSR count). The lowest BCUT2D eigenvalue weighted by atomic mass is 10.1. The predicted octanol–water partition coefficient (Wildman–Crippen LogP) is 3.38. The molecule has 0 fully saturated rings. The Hall–Kier alpha value is -1.72. The van der Waals surface area contributed by atoms with E-state index in [1.165, 1.54) is 5.56 Å². The molecule has 2 aromatic heterocycles. The summed E-state index contributed by atoms with van der Waals surface area (Å²) in [6.07, 6.45) is 0. The summed E-state index contributed by atoms with van der Waals surface area (Å²) in [4.78, 5) is 5.45. The first-order chi connectivity index (χ1) is 9.60. The number of hydrogen-bond acceptors (Lipinski definition) is 4. The van der Waals surface area contributed by atoms with Crippen molar-refractivity contribution in [2.75, 3.05) is 0 Å². The highest BCUT2D eigenvalue weighted by molar-refractivity contribution is 7.19. The number of fused-ring (bicyclic) bond motifs is 1. The monoisotopic (exact) mass is 287 g/mol. The fourth-order valence-electron chi connectivity index (χ4n) is 2.23. The van der Waals surface area contributed by atoms with Gasteiger partial charge in [0.25, 0.3) is 0 Å². The normalized spacial score (nSPS) is 11.7. The van der Waals surface area contributed by atoms with Crippen LogP contribution in [0.4, 0.5) is 0 Å². The average Bonchev–Trinajstić information content (AvgIpc) is 2.96. The molecule has 0 aliphatic rings. The van der Waals surface area contributed by atoms with Crippen LogP contribution in [0.2, 0.25) is 0 Å². The average molecular weight is 287 g/mol. The number of aliphatic hydroxyl groups excluding tert-OH is 1. The molecular weight excluding hydrogens is 270 g/mol. The van der Waals surface area contributed by atoms with Gasteiger partial charge in [-0.1, -0.05) is 55.0 Å². The molecule has 0 atom stereocenters. The first-order valence-corrected chi connectivity index (χ1v) is 7.48. The van der Waals surface area contributed by atoms with Crippen molar-refractivity contribution in [1.82, 2.24) is 14.6 Å². The fraction of sp³-hybridized carbons (Fsp3) is 0.333. The van der Waals surface area contributed by atoms with Gasteiger partial charge in [0.1, 0.15) is 5.01 Å². The molecule has 1 aromatic carbocycles. The molecule has 0 radical (unpaired) electrons. The van der Waals surface area contributed by atoms with Crippen molar-refractivity contribution in [2.45, 2.75) is 33.3 Å². The summed E-state index contributed by atoms with van der Waals surface area (Å²) in [6, 6.07) is 8.28. The van der Waals surface area contributed by atoms with Crippen LogP contribution in [0.5, 0.6) is 0 Å². The lowest BCUT2D eigenvalue weighted by Gasteiger charge is -2.02. The van der Waals surface area contributed by atoms with E-state index in [0.717, 1.165) is 26.9 Å². The van der Waals surface area contributed by atoms with Crippen LogP contribution in [0, 0.1) is 6.92 Å². The second-order valence-corrected chi connectivity index (χ2v) is 6.18. The third kappa shape index (κ3) is 2.13. The lowest BCUT2D eigenvalue weighted by molar-refractivity contribution is 0.272. The minimum absolute atomic E-state index is 0.0360. The molecule has 2 heterocycles. The largest absolute Gasteiger partial charge is 0.390 e. The van der Waals surface area contributed by atoms with Crippen LogP contribution in [0.3, 0.4) is 0 Å². The minimum atomic E-state index is -0.0360. The van der Waals surface area contributed by atoms with Gasteiger partial charge in [-0.3, -0.25) is 0 Å².